The summed E-state index contributed by atoms with van der Waals surface area (Å²) in [6, 6.07) is 7.05. The number of piperazine rings is 1. The number of aliphatic hydroxyl groups is 1. The van der Waals surface area contributed by atoms with Gasteiger partial charge in [-0.25, -0.2) is 0 Å². The van der Waals surface area contributed by atoms with Gasteiger partial charge < -0.3 is 42.8 Å². The Balaban J connectivity index is 1.18. The van der Waals surface area contributed by atoms with Gasteiger partial charge in [0.15, 0.2) is 0 Å². The molecule has 0 saturated carbocycles. The second-order valence-corrected chi connectivity index (χ2v) is 12.9. The fraction of sp³-hybridized carbons (Fsp3) is 0.643. The molecule has 37 heavy (non-hydrogen) atoms. The highest BCUT2D eigenvalue weighted by Crippen LogP contribution is 2.40. The van der Waals surface area contributed by atoms with Gasteiger partial charge in [0.25, 0.3) is 0 Å². The van der Waals surface area contributed by atoms with Crippen molar-refractivity contribution in [1.29, 1.82) is 0 Å². The molecule has 0 bridgehead atoms. The van der Waals surface area contributed by atoms with E-state index in [9.17, 15) is 14.7 Å². The first-order valence-corrected chi connectivity index (χ1v) is 15.3. The Morgan fingerprint density at radius 1 is 1.08 bits per heavy atom. The van der Waals surface area contributed by atoms with Crippen LogP contribution in [0, 0.1) is 11.8 Å². The summed E-state index contributed by atoms with van der Waals surface area (Å²) in [6.45, 7) is 4.50. The van der Waals surface area contributed by atoms with E-state index in [1.807, 2.05) is 38.5 Å². The first-order valence-electron chi connectivity index (χ1n) is 13.7. The van der Waals surface area contributed by atoms with Crippen molar-refractivity contribution in [2.45, 2.75) is 54.5 Å². The number of amides is 2. The van der Waals surface area contributed by atoms with E-state index >= 15 is 0 Å². The Morgan fingerprint density at radius 2 is 1.84 bits per heavy atom. The maximum Gasteiger partial charge on any atom is 0.222 e. The number of halogens is 2. The van der Waals surface area contributed by atoms with Gasteiger partial charge in [-0.1, -0.05) is 27.7 Å². The Kier molecular flexibility index (Phi) is 8.99. The Labute approximate surface area is 238 Å². The molecule has 1 radical (unpaired) electrons. The van der Waals surface area contributed by atoms with Gasteiger partial charge in [-0.2, -0.15) is 0 Å². The van der Waals surface area contributed by atoms with E-state index in [2.05, 4.69) is 34.6 Å². The highest BCUT2D eigenvalue weighted by Gasteiger charge is 2.39. The lowest BCUT2D eigenvalue weighted by Crippen LogP contribution is -3.40. The van der Waals surface area contributed by atoms with Gasteiger partial charge in [0.2, 0.25) is 11.8 Å². The molecule has 1 aliphatic carbocycles. The highest BCUT2D eigenvalue weighted by molar-refractivity contribution is 6.30. The van der Waals surface area contributed by atoms with Crippen LogP contribution < -0.4 is 27.9 Å². The van der Waals surface area contributed by atoms with Gasteiger partial charge in [0, 0.05) is 63.4 Å². The molecule has 4 atom stereocenters. The summed E-state index contributed by atoms with van der Waals surface area (Å²) in [7, 11) is 0. The summed E-state index contributed by atoms with van der Waals surface area (Å²) in [5, 5.41) is 13.8. The van der Waals surface area contributed by atoms with Crippen LogP contribution in [-0.2, 0) is 16.0 Å². The van der Waals surface area contributed by atoms with E-state index in [4.69, 9.17) is 11.6 Å². The summed E-state index contributed by atoms with van der Waals surface area (Å²) in [5.74, 6) is 1.18. The van der Waals surface area contributed by atoms with Gasteiger partial charge in [-0.15, -0.1) is 0 Å². The molecule has 203 valence electrons. The van der Waals surface area contributed by atoms with Crippen LogP contribution >= 0.6 is 11.6 Å². The second kappa shape index (κ2) is 12.2. The lowest BCUT2D eigenvalue weighted by Gasteiger charge is -2.45. The molecular formula is C28H38ClIN4O3-. The zero-order valence-corrected chi connectivity index (χ0v) is 24.2. The number of carbonyl (C=O) groups is 2. The van der Waals surface area contributed by atoms with Crippen molar-refractivity contribution in [1.82, 2.24) is 20.0 Å². The second-order valence-electron chi connectivity index (χ2n) is 11.0. The maximum atomic E-state index is 13.2. The smallest absolute Gasteiger partial charge is 0.222 e. The first-order chi connectivity index (χ1) is 17.9. The maximum absolute atomic E-state index is 13.2. The van der Waals surface area contributed by atoms with Crippen LogP contribution in [0.4, 0.5) is 0 Å². The van der Waals surface area contributed by atoms with Crippen molar-refractivity contribution in [3.63, 3.8) is 0 Å². The minimum Gasteiger partial charge on any atom is -0.781 e. The van der Waals surface area contributed by atoms with Crippen molar-refractivity contribution < 1.29 is 37.3 Å². The molecule has 0 spiro atoms. The van der Waals surface area contributed by atoms with Crippen molar-refractivity contribution in [3.05, 3.63) is 46.6 Å². The number of aryl methyl sites for hydroxylation is 1. The minimum atomic E-state index is -0.375. The number of hydrogen-bond acceptors (Lipinski definition) is 5. The van der Waals surface area contributed by atoms with Gasteiger partial charge in [0.1, 0.15) is 0 Å². The quantitative estimate of drug-likeness (QED) is 0.336. The third kappa shape index (κ3) is 6.12. The van der Waals surface area contributed by atoms with Crippen LogP contribution in [0.5, 0.6) is 0 Å². The van der Waals surface area contributed by atoms with Gasteiger partial charge in [-0.05, 0) is 73.4 Å². The molecule has 2 fully saturated rings. The number of carbonyl (C=O) groups excluding carboxylic acids is 2. The van der Waals surface area contributed by atoms with E-state index in [0.29, 0.717) is 37.4 Å². The number of aliphatic hydroxyl groups excluding tert-OH is 1. The monoisotopic (exact) mass is 640 g/mol. The van der Waals surface area contributed by atoms with Crippen molar-refractivity contribution in [2.75, 3.05) is 45.9 Å². The average Bonchev–Trinajstić information content (AvgIpc) is 3.09. The van der Waals surface area contributed by atoms with Crippen LogP contribution in [0.15, 0.2) is 30.5 Å². The number of alkyl halides is 1. The van der Waals surface area contributed by atoms with Crippen molar-refractivity contribution >= 4 is 23.4 Å². The molecule has 2 saturated heterocycles. The number of rotatable bonds is 5. The minimum absolute atomic E-state index is 0.0107. The number of piperidine rings is 1. The zero-order chi connectivity index (χ0) is 25.9. The number of allylic oxidation sites excluding steroid dienone is 1. The van der Waals surface area contributed by atoms with Crippen LogP contribution in [0.25, 0.3) is 0 Å². The third-order valence-corrected chi connectivity index (χ3v) is 9.94. The molecule has 7 nitrogen and oxygen atoms in total. The molecule has 2 amide bonds. The number of benzene rings is 1. The number of hydrogen-bond donors (Lipinski definition) is 2. The SMILES string of the molecule is O=C(CC1CCN(C(=O)[C@@H]([I-])CO)CC1)N1CCN(C2c3ccc(Cl)cc3CCC3CC=CNC32)CC1. The number of nitrogens with zero attached hydrogens (tertiary/aromatic N) is 3. The fourth-order valence-corrected chi connectivity index (χ4v) is 7.24. The summed E-state index contributed by atoms with van der Waals surface area (Å²) in [4.78, 5) is 32.0. The Morgan fingerprint density at radius 3 is 2.57 bits per heavy atom. The van der Waals surface area contributed by atoms with Crippen LogP contribution in [0.2, 0.25) is 5.02 Å². The molecule has 3 heterocycles. The molecule has 5 rings (SSSR count). The molecule has 1 aromatic rings. The van der Waals surface area contributed by atoms with Gasteiger partial charge in [0.05, 0.1) is 6.04 Å². The summed E-state index contributed by atoms with van der Waals surface area (Å²) in [5.41, 5.74) is 2.75. The highest BCUT2D eigenvalue weighted by atomic mass is 127. The van der Waals surface area contributed by atoms with Gasteiger partial charge >= 0.3 is 0 Å². The number of likely N-dealkylation sites (tertiary alicyclic amines) is 1. The van der Waals surface area contributed by atoms with E-state index in [-0.39, 0.29) is 28.4 Å². The molecule has 4 aliphatic rings. The molecule has 1 aromatic carbocycles. The van der Waals surface area contributed by atoms with Crippen molar-refractivity contribution in [3.8, 4) is 0 Å². The standard InChI is InChI=1S/C28H38ClIN4O3/c29-22-5-6-23-21(17-22)4-3-20-2-1-9-31-26(20)27(23)33-14-12-32(13-15-33)25(36)16-19-7-10-34(11-8-19)28(37)24(30)18-35/h1,5-6,9,17,19-20,24,26-27,31,35H,2-4,7-8,10-16,18H2/q-1/t20?,24-,26?,27?/m0/s1. The van der Waals surface area contributed by atoms with E-state index in [1.165, 1.54) is 11.1 Å². The first kappa shape index (κ1) is 27.2. The summed E-state index contributed by atoms with van der Waals surface area (Å²) >= 11 is 8.38. The predicted molar refractivity (Wildman–Crippen MR) is 140 cm³/mol. The Hall–Kier alpha value is -1.36. The van der Waals surface area contributed by atoms with Crippen LogP contribution in [0.3, 0.4) is 0 Å². The number of fused-ring (bicyclic) bond motifs is 2. The lowest BCUT2D eigenvalue weighted by atomic mass is 9.84. The largest absolute Gasteiger partial charge is 0.781 e. The molecule has 0 aromatic heterocycles. The Bertz CT molecular complexity index is 1010. The topological polar surface area (TPSA) is 76.1 Å². The molecular weight excluding hydrogens is 603 g/mol. The summed E-state index contributed by atoms with van der Waals surface area (Å²) in [6.07, 6.45) is 9.99. The molecule has 9 heteroatoms. The van der Waals surface area contributed by atoms with E-state index < -0.39 is 0 Å². The summed E-state index contributed by atoms with van der Waals surface area (Å²) < 4.78 is -0.375. The third-order valence-electron chi connectivity index (χ3n) is 8.78. The average molecular weight is 641 g/mol. The number of nitrogens with one attached hydrogen (secondary N) is 1. The van der Waals surface area contributed by atoms with E-state index in [1.54, 1.807) is 0 Å². The lowest BCUT2D eigenvalue weighted by molar-refractivity contribution is -0.411. The predicted octanol–water partition coefficient (Wildman–Crippen LogP) is -0.494. The van der Waals surface area contributed by atoms with Gasteiger partial charge in [-0.3, -0.25) is 14.5 Å². The molecule has 3 aliphatic heterocycles. The van der Waals surface area contributed by atoms with E-state index in [0.717, 1.165) is 63.3 Å². The molecule has 3 unspecified atom stereocenters. The van der Waals surface area contributed by atoms with Crippen molar-refractivity contribution in [2.24, 2.45) is 11.8 Å². The zero-order valence-electron chi connectivity index (χ0n) is 21.3. The fourth-order valence-electron chi connectivity index (χ4n) is 6.65. The van der Waals surface area contributed by atoms with Crippen LogP contribution in [0.1, 0.15) is 49.3 Å². The normalized spacial score (nSPS) is 27.6. The van der Waals surface area contributed by atoms with Crippen LogP contribution in [-0.4, -0.2) is 87.5 Å². The molecule has 2 N–H and O–H groups in total.